The van der Waals surface area contributed by atoms with Gasteiger partial charge < -0.3 is 14.8 Å². The van der Waals surface area contributed by atoms with Gasteiger partial charge in [0, 0.05) is 5.56 Å². The van der Waals surface area contributed by atoms with E-state index < -0.39 is 17.5 Å². The first-order valence-electron chi connectivity index (χ1n) is 7.03. The molecule has 0 saturated carbocycles. The van der Waals surface area contributed by atoms with Crippen LogP contribution in [0.15, 0.2) is 24.3 Å². The largest absolute Gasteiger partial charge is 0.444 e. The summed E-state index contributed by atoms with van der Waals surface area (Å²) in [6, 6.07) is 4.96. The van der Waals surface area contributed by atoms with E-state index in [1.165, 1.54) is 24.3 Å². The second-order valence-electron chi connectivity index (χ2n) is 5.99. The summed E-state index contributed by atoms with van der Waals surface area (Å²) in [5.74, 6) is -0.642. The molecule has 122 valence electrons. The molecule has 1 N–H and O–H groups in total. The summed E-state index contributed by atoms with van der Waals surface area (Å²) in [5.41, 5.74) is -0.183. The normalized spacial score (nSPS) is 12.6. The van der Waals surface area contributed by atoms with E-state index in [1.807, 2.05) is 0 Å². The smallest absolute Gasteiger partial charge is 0.407 e. The number of ether oxygens (including phenoxy) is 2. The molecule has 22 heavy (non-hydrogen) atoms. The van der Waals surface area contributed by atoms with E-state index in [0.29, 0.717) is 5.56 Å². The van der Waals surface area contributed by atoms with Crippen molar-refractivity contribution in [2.45, 2.75) is 39.3 Å². The molecule has 0 fully saturated rings. The molecule has 0 radical (unpaired) electrons. The second-order valence-corrected chi connectivity index (χ2v) is 5.99. The van der Waals surface area contributed by atoms with Crippen LogP contribution in [0.3, 0.4) is 0 Å². The van der Waals surface area contributed by atoms with Crippen molar-refractivity contribution < 1.29 is 23.5 Å². The number of carbonyl (C=O) groups excluding carboxylic acids is 2. The van der Waals surface area contributed by atoms with Crippen molar-refractivity contribution in [1.82, 2.24) is 5.32 Å². The molecule has 0 saturated heterocycles. The lowest BCUT2D eigenvalue weighted by molar-refractivity contribution is 0.0451. The highest BCUT2D eigenvalue weighted by atomic mass is 19.1. The van der Waals surface area contributed by atoms with Crippen LogP contribution < -0.4 is 5.32 Å². The van der Waals surface area contributed by atoms with E-state index in [1.54, 1.807) is 27.7 Å². The van der Waals surface area contributed by atoms with Gasteiger partial charge in [-0.25, -0.2) is 9.18 Å². The molecule has 0 aliphatic rings. The lowest BCUT2D eigenvalue weighted by Gasteiger charge is -2.21. The minimum Gasteiger partial charge on any atom is -0.444 e. The SMILES string of the molecule is C[C@H](COCC(=O)c1ccc(F)cc1)NC(=O)OC(C)(C)C. The molecule has 1 atom stereocenters. The number of rotatable bonds is 6. The van der Waals surface area contributed by atoms with Crippen molar-refractivity contribution in [3.8, 4) is 0 Å². The quantitative estimate of drug-likeness (QED) is 0.820. The summed E-state index contributed by atoms with van der Waals surface area (Å²) < 4.78 is 23.1. The Kier molecular flexibility index (Phi) is 6.49. The molecule has 5 nitrogen and oxygen atoms in total. The van der Waals surface area contributed by atoms with E-state index >= 15 is 0 Å². The Morgan fingerprint density at radius 1 is 1.23 bits per heavy atom. The van der Waals surface area contributed by atoms with Crippen LogP contribution in [0, 0.1) is 5.82 Å². The summed E-state index contributed by atoms with van der Waals surface area (Å²) in [7, 11) is 0. The number of nitrogens with one attached hydrogen (secondary N) is 1. The van der Waals surface area contributed by atoms with E-state index in [2.05, 4.69) is 5.32 Å². The average Bonchev–Trinajstić information content (AvgIpc) is 2.36. The number of benzene rings is 1. The first-order valence-corrected chi connectivity index (χ1v) is 7.03. The minimum absolute atomic E-state index is 0.133. The third kappa shape index (κ3) is 7.17. The predicted molar refractivity (Wildman–Crippen MR) is 80.4 cm³/mol. The molecule has 0 heterocycles. The fourth-order valence-corrected chi connectivity index (χ4v) is 1.60. The number of amides is 1. The van der Waals surface area contributed by atoms with Gasteiger partial charge in [0.25, 0.3) is 0 Å². The van der Waals surface area contributed by atoms with Crippen LogP contribution in [0.2, 0.25) is 0 Å². The standard InChI is InChI=1S/C16H22FNO4/c1-11(18-15(20)22-16(2,3)4)9-21-10-14(19)12-5-7-13(17)8-6-12/h5-8,11H,9-10H2,1-4H3,(H,18,20)/t11-/m1/s1. The van der Waals surface area contributed by atoms with E-state index in [9.17, 15) is 14.0 Å². The average molecular weight is 311 g/mol. The minimum atomic E-state index is -0.566. The van der Waals surface area contributed by atoms with Gasteiger partial charge >= 0.3 is 6.09 Å². The summed E-state index contributed by atoms with van der Waals surface area (Å²) >= 11 is 0. The lowest BCUT2D eigenvalue weighted by atomic mass is 10.1. The number of halogens is 1. The van der Waals surface area contributed by atoms with Gasteiger partial charge in [-0.3, -0.25) is 4.79 Å². The summed E-state index contributed by atoms with van der Waals surface area (Å²) in [4.78, 5) is 23.3. The van der Waals surface area contributed by atoms with Crippen LogP contribution in [-0.4, -0.2) is 36.7 Å². The zero-order chi connectivity index (χ0) is 16.8. The number of hydrogen-bond acceptors (Lipinski definition) is 4. The topological polar surface area (TPSA) is 64.6 Å². The van der Waals surface area contributed by atoms with Crippen molar-refractivity contribution in [2.75, 3.05) is 13.2 Å². The third-order valence-electron chi connectivity index (χ3n) is 2.53. The number of ketones is 1. The molecule has 1 aromatic carbocycles. The fraction of sp³-hybridized carbons (Fsp3) is 0.500. The van der Waals surface area contributed by atoms with E-state index in [-0.39, 0.29) is 25.0 Å². The molecule has 1 amide bonds. The van der Waals surface area contributed by atoms with Crippen molar-refractivity contribution >= 4 is 11.9 Å². The van der Waals surface area contributed by atoms with Crippen LogP contribution in [-0.2, 0) is 9.47 Å². The summed E-state index contributed by atoms with van der Waals surface area (Å²) in [6.45, 7) is 7.10. The zero-order valence-corrected chi connectivity index (χ0v) is 13.3. The van der Waals surface area contributed by atoms with Gasteiger partial charge in [-0.2, -0.15) is 0 Å². The maximum atomic E-state index is 12.8. The van der Waals surface area contributed by atoms with Crippen molar-refractivity contribution in [2.24, 2.45) is 0 Å². The predicted octanol–water partition coefficient (Wildman–Crippen LogP) is 2.94. The molecule has 0 bridgehead atoms. The lowest BCUT2D eigenvalue weighted by Crippen LogP contribution is -2.40. The van der Waals surface area contributed by atoms with Crippen LogP contribution in [0.5, 0.6) is 0 Å². The Labute approximate surface area is 129 Å². The zero-order valence-electron chi connectivity index (χ0n) is 13.3. The summed E-state index contributed by atoms with van der Waals surface area (Å²) in [5, 5.41) is 2.61. The van der Waals surface area contributed by atoms with Gasteiger partial charge in [-0.1, -0.05) is 0 Å². The molecule has 0 spiro atoms. The molecule has 1 aromatic rings. The Bertz CT molecular complexity index is 508. The number of Topliss-reactive ketones (excluding diaryl/α,β-unsaturated/α-hetero) is 1. The Morgan fingerprint density at radius 2 is 1.82 bits per heavy atom. The van der Waals surface area contributed by atoms with Gasteiger partial charge in [0.05, 0.1) is 12.6 Å². The molecular weight excluding hydrogens is 289 g/mol. The number of hydrogen-bond donors (Lipinski definition) is 1. The molecular formula is C16H22FNO4. The molecule has 1 rings (SSSR count). The maximum absolute atomic E-state index is 12.8. The highest BCUT2D eigenvalue weighted by molar-refractivity contribution is 5.97. The van der Waals surface area contributed by atoms with Crippen molar-refractivity contribution in [3.05, 3.63) is 35.6 Å². The first kappa shape index (κ1) is 18.1. The second kappa shape index (κ2) is 7.89. The van der Waals surface area contributed by atoms with Crippen LogP contribution in [0.25, 0.3) is 0 Å². The van der Waals surface area contributed by atoms with Crippen LogP contribution >= 0.6 is 0 Å². The van der Waals surface area contributed by atoms with E-state index in [4.69, 9.17) is 9.47 Å². The Balaban J connectivity index is 2.30. The highest BCUT2D eigenvalue weighted by Gasteiger charge is 2.17. The Hall–Kier alpha value is -1.95. The van der Waals surface area contributed by atoms with E-state index in [0.717, 1.165) is 0 Å². The third-order valence-corrected chi connectivity index (χ3v) is 2.53. The van der Waals surface area contributed by atoms with Gasteiger partial charge in [-0.15, -0.1) is 0 Å². The van der Waals surface area contributed by atoms with Gasteiger partial charge in [0.15, 0.2) is 5.78 Å². The van der Waals surface area contributed by atoms with Crippen molar-refractivity contribution in [3.63, 3.8) is 0 Å². The number of alkyl carbamates (subject to hydrolysis) is 1. The number of carbonyl (C=O) groups is 2. The molecule has 0 aliphatic heterocycles. The van der Waals surface area contributed by atoms with Gasteiger partial charge in [0.2, 0.25) is 0 Å². The molecule has 6 heteroatoms. The Morgan fingerprint density at radius 3 is 2.36 bits per heavy atom. The molecule has 0 aliphatic carbocycles. The monoisotopic (exact) mass is 311 g/mol. The van der Waals surface area contributed by atoms with Gasteiger partial charge in [-0.05, 0) is 52.0 Å². The molecule has 0 aromatic heterocycles. The van der Waals surface area contributed by atoms with Crippen molar-refractivity contribution in [1.29, 1.82) is 0 Å². The highest BCUT2D eigenvalue weighted by Crippen LogP contribution is 2.07. The van der Waals surface area contributed by atoms with Crippen LogP contribution in [0.4, 0.5) is 9.18 Å². The summed E-state index contributed by atoms with van der Waals surface area (Å²) in [6.07, 6.45) is -0.534. The van der Waals surface area contributed by atoms with Crippen LogP contribution in [0.1, 0.15) is 38.1 Å². The first-order chi connectivity index (χ1) is 10.2. The van der Waals surface area contributed by atoms with Gasteiger partial charge in [0.1, 0.15) is 18.0 Å². The maximum Gasteiger partial charge on any atom is 0.407 e. The molecule has 0 unspecified atom stereocenters. The fourth-order valence-electron chi connectivity index (χ4n) is 1.60.